The molecule has 0 bridgehead atoms. The summed E-state index contributed by atoms with van der Waals surface area (Å²) in [6.45, 7) is 5.95. The van der Waals surface area contributed by atoms with Crippen LogP contribution in [-0.2, 0) is 4.79 Å². The van der Waals surface area contributed by atoms with Crippen LogP contribution in [0.2, 0.25) is 0 Å². The number of anilines is 1. The highest BCUT2D eigenvalue weighted by Crippen LogP contribution is 2.34. The number of aliphatic imine (C=N–C) groups is 1. The number of carbonyl (C=O) groups is 1. The van der Waals surface area contributed by atoms with E-state index in [1.807, 2.05) is 25.1 Å². The number of rotatable bonds is 8. The van der Waals surface area contributed by atoms with Gasteiger partial charge in [-0.3, -0.25) is 9.69 Å². The molecule has 1 saturated heterocycles. The highest BCUT2D eigenvalue weighted by molar-refractivity contribution is 8.15. The first-order valence-electron chi connectivity index (χ1n) is 13.8. The first kappa shape index (κ1) is 32.1. The second-order valence-corrected chi connectivity index (χ2v) is 11.8. The van der Waals surface area contributed by atoms with Gasteiger partial charge in [-0.15, -0.1) is 18.3 Å². The summed E-state index contributed by atoms with van der Waals surface area (Å²) in [5.74, 6) is 0.345. The van der Waals surface area contributed by atoms with Gasteiger partial charge in [0.15, 0.2) is 16.1 Å². The summed E-state index contributed by atoms with van der Waals surface area (Å²) < 4.78 is 57.7. The highest BCUT2D eigenvalue weighted by Gasteiger charge is 2.32. The van der Waals surface area contributed by atoms with Gasteiger partial charge in [0.1, 0.15) is 18.2 Å². The zero-order chi connectivity index (χ0) is 32.3. The van der Waals surface area contributed by atoms with Crippen molar-refractivity contribution in [2.24, 2.45) is 4.99 Å². The Bertz CT molecular complexity index is 1720. The first-order chi connectivity index (χ1) is 21.4. The van der Waals surface area contributed by atoms with Gasteiger partial charge in [0.05, 0.1) is 23.7 Å². The molecular formula is C31H28F4N6O2S2. The van der Waals surface area contributed by atoms with Crippen molar-refractivity contribution in [1.29, 1.82) is 0 Å². The lowest BCUT2D eigenvalue weighted by atomic mass is 9.99. The molecule has 1 aliphatic rings. The minimum absolute atomic E-state index is 0.0722. The molecular weight excluding hydrogens is 629 g/mol. The number of alkyl halides is 4. The molecule has 0 radical (unpaired) electrons. The Morgan fingerprint density at radius 3 is 2.49 bits per heavy atom. The maximum atomic E-state index is 15.1. The van der Waals surface area contributed by atoms with E-state index in [0.29, 0.717) is 27.8 Å². The molecule has 5 rings (SSSR count). The van der Waals surface area contributed by atoms with E-state index in [1.54, 1.807) is 29.2 Å². The number of hydrogen-bond donors (Lipinski definition) is 1. The SMILES string of the molecule is Cc1ccc(C(C)C)c(N2C(=O)CS/C2=N\C(=S)NCC(F)c2ccc(-c3ncn(-c4ccc(OC(F)(F)F)cc4)n3)cc2)c1. The number of nitrogens with zero attached hydrogens (tertiary/aromatic N) is 5. The van der Waals surface area contributed by atoms with Crippen LogP contribution in [0, 0.1) is 6.92 Å². The van der Waals surface area contributed by atoms with Gasteiger partial charge < -0.3 is 10.1 Å². The standard InChI is InChI=1S/C31H28F4N6O2S2/c1-18(2)24-13-4-19(3)14-26(24)41-27(42)16-45-30(41)38-29(44)36-15-25(32)20-5-7-21(8-6-20)28-37-17-40(39-28)22-9-11-23(12-10-22)43-31(33,34)35/h4-14,17-18,25H,15-16H2,1-3H3,(H,36,44)/b38-30-. The number of ether oxygens (including phenoxy) is 1. The maximum Gasteiger partial charge on any atom is 0.573 e. The van der Waals surface area contributed by atoms with Crippen molar-refractivity contribution in [3.8, 4) is 22.8 Å². The molecule has 234 valence electrons. The quantitative estimate of drug-likeness (QED) is 0.158. The van der Waals surface area contributed by atoms with Gasteiger partial charge in [0, 0.05) is 5.56 Å². The third-order valence-electron chi connectivity index (χ3n) is 6.80. The van der Waals surface area contributed by atoms with E-state index in [-0.39, 0.29) is 35.0 Å². The van der Waals surface area contributed by atoms with E-state index in [1.165, 1.54) is 47.0 Å². The van der Waals surface area contributed by atoms with E-state index in [9.17, 15) is 18.0 Å². The lowest BCUT2D eigenvalue weighted by molar-refractivity contribution is -0.274. The third-order valence-corrected chi connectivity index (χ3v) is 7.96. The second-order valence-electron chi connectivity index (χ2n) is 10.5. The average molecular weight is 657 g/mol. The van der Waals surface area contributed by atoms with Gasteiger partial charge in [-0.05, 0) is 72.1 Å². The van der Waals surface area contributed by atoms with Crippen molar-refractivity contribution in [3.63, 3.8) is 0 Å². The van der Waals surface area contributed by atoms with Gasteiger partial charge in [-0.2, -0.15) is 4.99 Å². The van der Waals surface area contributed by atoms with E-state index in [0.717, 1.165) is 16.8 Å². The number of nitrogens with one attached hydrogen (secondary N) is 1. The first-order valence-corrected chi connectivity index (χ1v) is 15.2. The summed E-state index contributed by atoms with van der Waals surface area (Å²) in [6.07, 6.45) is -4.76. The lowest BCUT2D eigenvalue weighted by Crippen LogP contribution is -2.32. The van der Waals surface area contributed by atoms with Crippen LogP contribution >= 0.6 is 24.0 Å². The Balaban J connectivity index is 1.20. The number of aryl methyl sites for hydroxylation is 1. The number of benzene rings is 3. The van der Waals surface area contributed by atoms with Gasteiger partial charge in [0.2, 0.25) is 5.91 Å². The van der Waals surface area contributed by atoms with E-state index < -0.39 is 12.5 Å². The minimum Gasteiger partial charge on any atom is -0.406 e. The summed E-state index contributed by atoms with van der Waals surface area (Å²) in [5, 5.41) is 7.73. The van der Waals surface area contributed by atoms with E-state index >= 15 is 4.39 Å². The summed E-state index contributed by atoms with van der Waals surface area (Å²) >= 11 is 6.66. The molecule has 1 atom stereocenters. The predicted molar refractivity (Wildman–Crippen MR) is 171 cm³/mol. The van der Waals surface area contributed by atoms with Crippen LogP contribution in [0.5, 0.6) is 5.75 Å². The molecule has 8 nitrogen and oxygen atoms in total. The number of halogens is 4. The van der Waals surface area contributed by atoms with Crippen molar-refractivity contribution >= 4 is 45.9 Å². The van der Waals surface area contributed by atoms with E-state index in [2.05, 4.69) is 39.0 Å². The predicted octanol–water partition coefficient (Wildman–Crippen LogP) is 7.29. The zero-order valence-corrected chi connectivity index (χ0v) is 26.0. The van der Waals surface area contributed by atoms with Crippen molar-refractivity contribution in [3.05, 3.63) is 89.7 Å². The number of hydrogen-bond acceptors (Lipinski definition) is 6. The number of thiocarbonyl (C=S) groups is 1. The molecule has 3 aromatic carbocycles. The molecule has 4 aromatic rings. The van der Waals surface area contributed by atoms with Gasteiger partial charge in [-0.1, -0.05) is 62.0 Å². The molecule has 1 amide bonds. The van der Waals surface area contributed by atoms with Crippen molar-refractivity contribution in [2.75, 3.05) is 17.2 Å². The van der Waals surface area contributed by atoms with Crippen molar-refractivity contribution in [1.82, 2.24) is 20.1 Å². The minimum atomic E-state index is -4.78. The molecule has 1 fully saturated rings. The highest BCUT2D eigenvalue weighted by atomic mass is 32.2. The molecule has 1 aliphatic heterocycles. The number of aromatic nitrogens is 3. The molecule has 0 aliphatic carbocycles. The van der Waals surface area contributed by atoms with Crippen LogP contribution < -0.4 is 15.0 Å². The largest absolute Gasteiger partial charge is 0.573 e. The molecule has 0 spiro atoms. The summed E-state index contributed by atoms with van der Waals surface area (Å²) in [5.41, 5.74) is 4.31. The molecule has 0 saturated carbocycles. The molecule has 1 unspecified atom stereocenters. The van der Waals surface area contributed by atoms with Gasteiger partial charge in [-0.25, -0.2) is 14.1 Å². The molecule has 14 heteroatoms. The smallest absolute Gasteiger partial charge is 0.406 e. The maximum absolute atomic E-state index is 15.1. The Morgan fingerprint density at radius 1 is 1.11 bits per heavy atom. The van der Waals surface area contributed by atoms with Crippen LogP contribution in [0.1, 0.15) is 42.6 Å². The Morgan fingerprint density at radius 2 is 1.82 bits per heavy atom. The number of carbonyl (C=O) groups excluding carboxylic acids is 1. The molecule has 1 N–H and O–H groups in total. The second kappa shape index (κ2) is 13.4. The topological polar surface area (TPSA) is 84.6 Å². The van der Waals surface area contributed by atoms with E-state index in [4.69, 9.17) is 12.2 Å². The van der Waals surface area contributed by atoms with Gasteiger partial charge >= 0.3 is 6.36 Å². The summed E-state index contributed by atoms with van der Waals surface area (Å²) in [4.78, 5) is 23.1. The Hall–Kier alpha value is -4.30. The monoisotopic (exact) mass is 656 g/mol. The van der Waals surface area contributed by atoms with Crippen LogP contribution in [0.3, 0.4) is 0 Å². The average Bonchev–Trinajstić information content (AvgIpc) is 3.62. The zero-order valence-electron chi connectivity index (χ0n) is 24.4. The van der Waals surface area contributed by atoms with Crippen molar-refractivity contribution < 1.29 is 27.1 Å². The molecule has 2 heterocycles. The van der Waals surface area contributed by atoms with Crippen LogP contribution in [0.25, 0.3) is 17.1 Å². The Kier molecular flexibility index (Phi) is 9.53. The number of thioether (sulfide) groups is 1. The van der Waals surface area contributed by atoms with Crippen LogP contribution in [0.4, 0.5) is 23.2 Å². The van der Waals surface area contributed by atoms with Gasteiger partial charge in [0.25, 0.3) is 0 Å². The fraction of sp³-hybridized carbons (Fsp3) is 0.258. The third kappa shape index (κ3) is 7.87. The summed E-state index contributed by atoms with van der Waals surface area (Å²) in [6, 6.07) is 17.8. The number of amidine groups is 1. The fourth-order valence-electron chi connectivity index (χ4n) is 4.60. The fourth-order valence-corrected chi connectivity index (χ4v) is 5.69. The van der Waals surface area contributed by atoms with Crippen molar-refractivity contribution in [2.45, 2.75) is 39.2 Å². The normalized spacial score (nSPS) is 15.2. The molecule has 1 aromatic heterocycles. The lowest BCUT2D eigenvalue weighted by Gasteiger charge is -2.22. The van der Waals surface area contributed by atoms with Crippen LogP contribution in [-0.4, -0.2) is 49.6 Å². The molecule has 45 heavy (non-hydrogen) atoms. The summed E-state index contributed by atoms with van der Waals surface area (Å²) in [7, 11) is 0. The van der Waals surface area contributed by atoms with Crippen LogP contribution in [0.15, 0.2) is 78.0 Å². The Labute approximate surface area is 266 Å². The number of amides is 1.